The SMILES string of the molecule is CNCC(=O)N1CC2(CNC2)C1. The van der Waals surface area contributed by atoms with Crippen LogP contribution in [0.15, 0.2) is 0 Å². The largest absolute Gasteiger partial charge is 0.340 e. The number of nitrogens with zero attached hydrogens (tertiary/aromatic N) is 1. The van der Waals surface area contributed by atoms with Gasteiger partial charge in [-0.3, -0.25) is 4.79 Å². The van der Waals surface area contributed by atoms with E-state index in [1.54, 1.807) is 7.05 Å². The molecule has 2 saturated heterocycles. The van der Waals surface area contributed by atoms with Gasteiger partial charge in [0, 0.05) is 31.6 Å². The van der Waals surface area contributed by atoms with E-state index in [2.05, 4.69) is 10.6 Å². The van der Waals surface area contributed by atoms with Gasteiger partial charge in [-0.25, -0.2) is 0 Å². The fourth-order valence-electron chi connectivity index (χ4n) is 1.90. The van der Waals surface area contributed by atoms with Crippen LogP contribution in [0, 0.1) is 5.41 Å². The topological polar surface area (TPSA) is 44.4 Å². The Morgan fingerprint density at radius 2 is 2.25 bits per heavy atom. The number of hydrogen-bond acceptors (Lipinski definition) is 3. The molecular formula is C8H15N3O. The lowest BCUT2D eigenvalue weighted by Gasteiger charge is -2.56. The molecule has 2 rings (SSSR count). The molecular weight excluding hydrogens is 154 g/mol. The van der Waals surface area contributed by atoms with E-state index in [9.17, 15) is 4.79 Å². The van der Waals surface area contributed by atoms with E-state index in [4.69, 9.17) is 0 Å². The van der Waals surface area contributed by atoms with Crippen molar-refractivity contribution < 1.29 is 4.79 Å². The van der Waals surface area contributed by atoms with Crippen molar-refractivity contribution in [2.45, 2.75) is 0 Å². The van der Waals surface area contributed by atoms with Gasteiger partial charge in [0.25, 0.3) is 0 Å². The van der Waals surface area contributed by atoms with Crippen molar-refractivity contribution >= 4 is 5.91 Å². The third kappa shape index (κ3) is 1.11. The maximum absolute atomic E-state index is 11.3. The van der Waals surface area contributed by atoms with Gasteiger partial charge < -0.3 is 15.5 Å². The zero-order valence-electron chi connectivity index (χ0n) is 7.39. The summed E-state index contributed by atoms with van der Waals surface area (Å²) in [7, 11) is 1.80. The van der Waals surface area contributed by atoms with E-state index in [0.717, 1.165) is 26.2 Å². The summed E-state index contributed by atoms with van der Waals surface area (Å²) in [5.41, 5.74) is 0.462. The Morgan fingerprint density at radius 3 is 2.67 bits per heavy atom. The van der Waals surface area contributed by atoms with E-state index < -0.39 is 0 Å². The Morgan fingerprint density at radius 1 is 1.58 bits per heavy atom. The highest BCUT2D eigenvalue weighted by atomic mass is 16.2. The lowest BCUT2D eigenvalue weighted by molar-refractivity contribution is -0.145. The summed E-state index contributed by atoms with van der Waals surface area (Å²) >= 11 is 0. The van der Waals surface area contributed by atoms with Gasteiger partial charge in [-0.05, 0) is 7.05 Å². The predicted octanol–water partition coefficient (Wildman–Crippen LogP) is -1.36. The first-order chi connectivity index (χ1) is 5.76. The van der Waals surface area contributed by atoms with Crippen molar-refractivity contribution in [2.75, 3.05) is 39.8 Å². The summed E-state index contributed by atoms with van der Waals surface area (Å²) in [6, 6.07) is 0. The van der Waals surface area contributed by atoms with Crippen molar-refractivity contribution in [2.24, 2.45) is 5.41 Å². The van der Waals surface area contributed by atoms with Crippen molar-refractivity contribution in [3.63, 3.8) is 0 Å². The molecule has 0 atom stereocenters. The summed E-state index contributed by atoms with van der Waals surface area (Å²) in [5.74, 6) is 0.232. The van der Waals surface area contributed by atoms with E-state index in [1.165, 1.54) is 0 Å². The number of rotatable bonds is 2. The summed E-state index contributed by atoms with van der Waals surface area (Å²) < 4.78 is 0. The van der Waals surface area contributed by atoms with Crippen molar-refractivity contribution in [1.29, 1.82) is 0 Å². The third-order valence-corrected chi connectivity index (χ3v) is 2.73. The van der Waals surface area contributed by atoms with E-state index in [0.29, 0.717) is 12.0 Å². The normalized spacial score (nSPS) is 24.9. The minimum absolute atomic E-state index is 0.232. The molecule has 0 unspecified atom stereocenters. The monoisotopic (exact) mass is 169 g/mol. The smallest absolute Gasteiger partial charge is 0.236 e. The average molecular weight is 169 g/mol. The number of amides is 1. The molecule has 0 saturated carbocycles. The molecule has 1 amide bonds. The molecule has 4 nitrogen and oxygen atoms in total. The number of carbonyl (C=O) groups is 1. The molecule has 2 aliphatic rings. The van der Waals surface area contributed by atoms with Crippen LogP contribution in [0.4, 0.5) is 0 Å². The molecule has 2 heterocycles. The van der Waals surface area contributed by atoms with Gasteiger partial charge in [0.2, 0.25) is 5.91 Å². The van der Waals surface area contributed by atoms with Crippen molar-refractivity contribution in [1.82, 2.24) is 15.5 Å². The van der Waals surface area contributed by atoms with Crippen molar-refractivity contribution in [3.8, 4) is 0 Å². The minimum Gasteiger partial charge on any atom is -0.340 e. The second-order valence-corrected chi connectivity index (χ2v) is 3.88. The van der Waals surface area contributed by atoms with Gasteiger partial charge in [-0.2, -0.15) is 0 Å². The average Bonchev–Trinajstić information content (AvgIpc) is 1.81. The van der Waals surface area contributed by atoms with Gasteiger partial charge >= 0.3 is 0 Å². The molecule has 68 valence electrons. The molecule has 2 aliphatic heterocycles. The van der Waals surface area contributed by atoms with Crippen LogP contribution < -0.4 is 10.6 Å². The summed E-state index contributed by atoms with van der Waals surface area (Å²) in [5, 5.41) is 6.11. The minimum atomic E-state index is 0.232. The molecule has 0 bridgehead atoms. The molecule has 0 aromatic heterocycles. The first kappa shape index (κ1) is 8.01. The first-order valence-corrected chi connectivity index (χ1v) is 4.39. The molecule has 1 spiro atoms. The van der Waals surface area contributed by atoms with E-state index >= 15 is 0 Å². The van der Waals surface area contributed by atoms with Crippen LogP contribution in [0.3, 0.4) is 0 Å². The third-order valence-electron chi connectivity index (χ3n) is 2.73. The zero-order chi connectivity index (χ0) is 8.60. The Hall–Kier alpha value is -0.610. The zero-order valence-corrected chi connectivity index (χ0v) is 7.39. The van der Waals surface area contributed by atoms with Crippen LogP contribution in [0.5, 0.6) is 0 Å². The standard InChI is InChI=1S/C8H15N3O/c1-9-2-7(12)11-5-8(6-11)3-10-4-8/h9-10H,2-6H2,1H3. The molecule has 0 radical (unpaired) electrons. The number of likely N-dealkylation sites (N-methyl/N-ethyl adjacent to an activating group) is 1. The lowest BCUT2D eigenvalue weighted by atomic mass is 9.74. The Bertz CT molecular complexity index is 192. The molecule has 0 aromatic rings. The predicted molar refractivity (Wildman–Crippen MR) is 45.8 cm³/mol. The Kier molecular flexibility index (Phi) is 1.81. The Balaban J connectivity index is 1.76. The molecule has 2 fully saturated rings. The van der Waals surface area contributed by atoms with Gasteiger partial charge in [0.05, 0.1) is 6.54 Å². The van der Waals surface area contributed by atoms with Gasteiger partial charge in [0.15, 0.2) is 0 Å². The van der Waals surface area contributed by atoms with Gasteiger partial charge in [0.1, 0.15) is 0 Å². The number of likely N-dealkylation sites (tertiary alicyclic amines) is 1. The van der Waals surface area contributed by atoms with Crippen LogP contribution in [-0.4, -0.2) is 50.6 Å². The highest BCUT2D eigenvalue weighted by Crippen LogP contribution is 2.33. The van der Waals surface area contributed by atoms with Gasteiger partial charge in [-0.1, -0.05) is 0 Å². The van der Waals surface area contributed by atoms with Gasteiger partial charge in [-0.15, -0.1) is 0 Å². The molecule has 2 N–H and O–H groups in total. The highest BCUT2D eigenvalue weighted by Gasteiger charge is 2.48. The molecule has 0 aliphatic carbocycles. The second-order valence-electron chi connectivity index (χ2n) is 3.88. The van der Waals surface area contributed by atoms with Crippen molar-refractivity contribution in [3.05, 3.63) is 0 Å². The van der Waals surface area contributed by atoms with Crippen LogP contribution in [0.25, 0.3) is 0 Å². The maximum atomic E-state index is 11.3. The number of carbonyl (C=O) groups excluding carboxylic acids is 1. The van der Waals surface area contributed by atoms with E-state index in [-0.39, 0.29) is 5.91 Å². The fraction of sp³-hybridized carbons (Fsp3) is 0.875. The van der Waals surface area contributed by atoms with Crippen LogP contribution in [-0.2, 0) is 4.79 Å². The van der Waals surface area contributed by atoms with E-state index in [1.807, 2.05) is 4.90 Å². The van der Waals surface area contributed by atoms with Crippen LogP contribution in [0.1, 0.15) is 0 Å². The number of nitrogens with one attached hydrogen (secondary N) is 2. The molecule has 4 heteroatoms. The number of hydrogen-bond donors (Lipinski definition) is 2. The van der Waals surface area contributed by atoms with Crippen LogP contribution >= 0.6 is 0 Å². The highest BCUT2D eigenvalue weighted by molar-refractivity contribution is 5.79. The quantitative estimate of drug-likeness (QED) is 0.536. The van der Waals surface area contributed by atoms with Crippen LogP contribution in [0.2, 0.25) is 0 Å². The first-order valence-electron chi connectivity index (χ1n) is 4.39. The Labute approximate surface area is 72.3 Å². The second kappa shape index (κ2) is 2.71. The maximum Gasteiger partial charge on any atom is 0.236 e. The summed E-state index contributed by atoms with van der Waals surface area (Å²) in [6.45, 7) is 4.58. The summed E-state index contributed by atoms with van der Waals surface area (Å²) in [6.07, 6.45) is 0. The molecule has 12 heavy (non-hydrogen) atoms. The lowest BCUT2D eigenvalue weighted by Crippen LogP contribution is -2.72. The molecule has 0 aromatic carbocycles. The summed E-state index contributed by atoms with van der Waals surface area (Å²) in [4.78, 5) is 13.2. The fourth-order valence-corrected chi connectivity index (χ4v) is 1.90.